The summed E-state index contributed by atoms with van der Waals surface area (Å²) in [7, 11) is 0. The van der Waals surface area contributed by atoms with E-state index in [0.717, 1.165) is 22.7 Å². The first-order valence-electron chi connectivity index (χ1n) is 12.3. The van der Waals surface area contributed by atoms with E-state index in [1.165, 1.54) is 48.5 Å². The topological polar surface area (TPSA) is 192 Å². The van der Waals surface area contributed by atoms with Gasteiger partial charge in [0.2, 0.25) is 0 Å². The smallest absolute Gasteiger partial charge is 0.185 e. The normalized spacial score (nSPS) is 9.33. The molecule has 0 unspecified atom stereocenters. The maximum atomic E-state index is 12.7. The number of aromatic nitrogens is 2. The van der Waals surface area contributed by atoms with E-state index in [1.54, 1.807) is 30.3 Å². The molecule has 0 aliphatic rings. The number of carbonyl (C=O) groups excluding carboxylic acids is 1. The number of nitrogens with two attached hydrogens (primary N) is 3. The number of nitrogens with zero attached hydrogens (tertiary/aromatic N) is 5. The minimum Gasteiger partial charge on any atom is -0.377 e. The van der Waals surface area contributed by atoms with Crippen molar-refractivity contribution in [2.45, 2.75) is 6.42 Å². The Labute approximate surface area is 279 Å². The van der Waals surface area contributed by atoms with Gasteiger partial charge in [-0.15, -0.1) is 0 Å². The van der Waals surface area contributed by atoms with Crippen LogP contribution in [0.15, 0.2) is 72.8 Å². The highest BCUT2D eigenvalue weighted by molar-refractivity contribution is 7.80. The van der Waals surface area contributed by atoms with E-state index in [-0.39, 0.29) is 34.8 Å². The van der Waals surface area contributed by atoms with Gasteiger partial charge in [-0.2, -0.15) is 15.8 Å². The Hall–Kier alpha value is -5.37. The second kappa shape index (κ2) is 18.4. The summed E-state index contributed by atoms with van der Waals surface area (Å²) in [6.07, 6.45) is -0.161. The van der Waals surface area contributed by atoms with Crippen LogP contribution in [-0.4, -0.2) is 20.9 Å². The summed E-state index contributed by atoms with van der Waals surface area (Å²) in [5, 5.41) is 26.2. The number of thiocarbonyl (C=S) groups is 1. The zero-order chi connectivity index (χ0) is 34.2. The zero-order valence-electron chi connectivity index (χ0n) is 23.2. The Bertz CT molecular complexity index is 1810. The van der Waals surface area contributed by atoms with Crippen LogP contribution in [0.2, 0.25) is 4.47 Å². The number of Topliss-reactive ketones (excluding diaryl/α,β-unsaturated/α-hetero) is 1. The number of carbonyl (C=O) groups is 1. The zero-order valence-corrected chi connectivity index (χ0v) is 26.5. The van der Waals surface area contributed by atoms with Gasteiger partial charge in [0, 0.05) is 16.7 Å². The highest BCUT2D eigenvalue weighted by atomic mass is 35.5. The van der Waals surface area contributed by atoms with Gasteiger partial charge in [0.1, 0.15) is 50.7 Å². The lowest BCUT2D eigenvalue weighted by atomic mass is 10.1. The second-order valence-corrected chi connectivity index (χ2v) is 11.4. The Kier molecular flexibility index (Phi) is 14.8. The van der Waals surface area contributed by atoms with Gasteiger partial charge >= 0.3 is 0 Å². The van der Waals surface area contributed by atoms with Gasteiger partial charge in [0.05, 0.1) is 12.5 Å². The van der Waals surface area contributed by atoms with Gasteiger partial charge in [-0.1, -0.05) is 34.3 Å². The average Bonchev–Trinajstić information content (AvgIpc) is 3.60. The van der Waals surface area contributed by atoms with Gasteiger partial charge < -0.3 is 17.2 Å². The fourth-order valence-electron chi connectivity index (χ4n) is 3.20. The van der Waals surface area contributed by atoms with Crippen molar-refractivity contribution in [1.82, 2.24) is 9.97 Å². The molecule has 0 aliphatic heterocycles. The van der Waals surface area contributed by atoms with Crippen LogP contribution in [0, 0.1) is 51.4 Å². The number of nitriles is 3. The summed E-state index contributed by atoms with van der Waals surface area (Å²) < 4.78 is 38.0. The lowest BCUT2D eigenvalue weighted by Crippen LogP contribution is -2.18. The number of anilines is 1. The Morgan fingerprint density at radius 3 is 1.57 bits per heavy atom. The summed E-state index contributed by atoms with van der Waals surface area (Å²) in [4.78, 5) is 19.9. The van der Waals surface area contributed by atoms with Gasteiger partial charge in [-0.05, 0) is 85.0 Å². The molecule has 46 heavy (non-hydrogen) atoms. The summed E-state index contributed by atoms with van der Waals surface area (Å²) in [5.74, 6) is -1.31. The number of hydrogen-bond donors (Lipinski definition) is 3. The molecule has 0 saturated carbocycles. The first-order chi connectivity index (χ1) is 21.9. The van der Waals surface area contributed by atoms with E-state index in [0.29, 0.717) is 47.4 Å². The van der Waals surface area contributed by atoms with Crippen LogP contribution in [-0.2, 0) is 0 Å². The number of thiazole rings is 2. The van der Waals surface area contributed by atoms with Crippen molar-refractivity contribution in [3.05, 3.63) is 110 Å². The van der Waals surface area contributed by atoms with Crippen molar-refractivity contribution >= 4 is 62.5 Å². The minimum absolute atomic E-state index is 0.000000000000000222. The molecule has 9 nitrogen and oxygen atoms in total. The number of benzene rings is 3. The highest BCUT2D eigenvalue weighted by Crippen LogP contribution is 2.30. The standard InChI is InChI=1S/C10H4ClFN2S.C10H6FN3S.C9H6FNO.CH4N2S/c11-10-14-9(8(5-13)15-10)6-1-3-7(12)4-2-6;11-7-3-1-6(2-4-7)9-8(5-12)15-10(13)14-9;10-8-3-1-7(2-4-8)9(12)5-6-11;2-1(3)4/h1-4H;1-4H,(H2,13,14);1-4H,5H2;(H4,2,3,4). The van der Waals surface area contributed by atoms with Crippen LogP contribution in [0.1, 0.15) is 26.5 Å². The molecule has 6 N–H and O–H groups in total. The molecular formula is C30H20ClF3N8OS3. The first-order valence-corrected chi connectivity index (χ1v) is 14.8. The predicted molar refractivity (Wildman–Crippen MR) is 176 cm³/mol. The van der Waals surface area contributed by atoms with Crippen molar-refractivity contribution in [2.75, 3.05) is 5.73 Å². The van der Waals surface area contributed by atoms with Crippen molar-refractivity contribution < 1.29 is 18.0 Å². The van der Waals surface area contributed by atoms with Crippen LogP contribution < -0.4 is 17.2 Å². The Morgan fingerprint density at radius 1 is 0.761 bits per heavy atom. The molecule has 5 aromatic rings. The molecule has 0 spiro atoms. The predicted octanol–water partition coefficient (Wildman–Crippen LogP) is 6.99. The Balaban J connectivity index is 0.000000228. The third-order valence-electron chi connectivity index (χ3n) is 5.09. The highest BCUT2D eigenvalue weighted by Gasteiger charge is 2.12. The first kappa shape index (κ1) is 36.8. The van der Waals surface area contributed by atoms with E-state index < -0.39 is 0 Å². The van der Waals surface area contributed by atoms with E-state index in [2.05, 4.69) is 33.7 Å². The van der Waals surface area contributed by atoms with Crippen LogP contribution in [0.5, 0.6) is 0 Å². The summed E-state index contributed by atoms with van der Waals surface area (Å²) in [6.45, 7) is 0. The summed E-state index contributed by atoms with van der Waals surface area (Å²) >= 11 is 12.0. The maximum absolute atomic E-state index is 12.7. The molecular weight excluding hydrogens is 677 g/mol. The third-order valence-corrected chi connectivity index (χ3v) is 6.94. The van der Waals surface area contributed by atoms with Crippen LogP contribution in [0.25, 0.3) is 22.5 Å². The summed E-state index contributed by atoms with van der Waals surface area (Å²) in [6, 6.07) is 22.5. The maximum Gasteiger partial charge on any atom is 0.185 e. The molecule has 3 aromatic carbocycles. The lowest BCUT2D eigenvalue weighted by Gasteiger charge is -1.96. The fraction of sp³-hybridized carbons (Fsp3) is 0.0333. The number of hydrogen-bond acceptors (Lipinski definition) is 10. The second-order valence-electron chi connectivity index (χ2n) is 8.28. The van der Waals surface area contributed by atoms with E-state index in [9.17, 15) is 18.0 Å². The van der Waals surface area contributed by atoms with Crippen molar-refractivity contribution in [2.24, 2.45) is 11.5 Å². The quantitative estimate of drug-likeness (QED) is 0.130. The van der Waals surface area contributed by atoms with Crippen molar-refractivity contribution in [3.63, 3.8) is 0 Å². The molecule has 2 aromatic heterocycles. The SMILES string of the molecule is N#CCC(=O)c1ccc(F)cc1.N#Cc1sc(Cl)nc1-c1ccc(F)cc1.N#Cc1sc(N)nc1-c1ccc(F)cc1.NC(N)=S. The third kappa shape index (κ3) is 12.0. The van der Waals surface area contributed by atoms with Crippen molar-refractivity contribution in [3.8, 4) is 40.7 Å². The summed E-state index contributed by atoms with van der Waals surface area (Å²) in [5.41, 5.74) is 17.5. The number of ketones is 1. The Morgan fingerprint density at radius 2 is 1.15 bits per heavy atom. The molecule has 232 valence electrons. The largest absolute Gasteiger partial charge is 0.377 e. The monoisotopic (exact) mass is 696 g/mol. The molecule has 2 heterocycles. The number of nitrogen functional groups attached to an aromatic ring is 1. The molecule has 5 rings (SSSR count). The van der Waals surface area contributed by atoms with Gasteiger partial charge in [0.25, 0.3) is 0 Å². The van der Waals surface area contributed by atoms with Crippen LogP contribution in [0.3, 0.4) is 0 Å². The molecule has 0 atom stereocenters. The van der Waals surface area contributed by atoms with Gasteiger partial charge in [-0.25, -0.2) is 23.1 Å². The van der Waals surface area contributed by atoms with Crippen molar-refractivity contribution in [1.29, 1.82) is 15.8 Å². The molecule has 0 radical (unpaired) electrons. The molecule has 0 aliphatic carbocycles. The molecule has 0 amide bonds. The van der Waals surface area contributed by atoms with E-state index in [1.807, 2.05) is 12.1 Å². The van der Waals surface area contributed by atoms with Crippen LogP contribution >= 0.6 is 46.5 Å². The molecule has 16 heteroatoms. The van der Waals surface area contributed by atoms with Crippen LogP contribution in [0.4, 0.5) is 18.3 Å². The minimum atomic E-state index is -0.386. The lowest BCUT2D eigenvalue weighted by molar-refractivity contribution is 0.0997. The van der Waals surface area contributed by atoms with Gasteiger partial charge in [0.15, 0.2) is 20.5 Å². The van der Waals surface area contributed by atoms with Gasteiger partial charge in [-0.3, -0.25) is 4.79 Å². The van der Waals surface area contributed by atoms with E-state index >= 15 is 0 Å². The average molecular weight is 697 g/mol. The van der Waals surface area contributed by atoms with E-state index in [4.69, 9.17) is 33.1 Å². The number of rotatable bonds is 4. The fourth-order valence-corrected chi connectivity index (χ4v) is 4.78. The molecule has 0 bridgehead atoms. The molecule has 0 saturated heterocycles. The number of halogens is 4. The molecule has 0 fully saturated rings.